The molecule has 0 saturated carbocycles. The first kappa shape index (κ1) is 18.8. The van der Waals surface area contributed by atoms with E-state index in [2.05, 4.69) is 10.3 Å². The van der Waals surface area contributed by atoms with Crippen molar-refractivity contribution in [3.05, 3.63) is 71.6 Å². The molecule has 0 radical (unpaired) electrons. The van der Waals surface area contributed by atoms with Crippen LogP contribution >= 0.6 is 0 Å². The molecule has 0 spiro atoms. The predicted molar refractivity (Wildman–Crippen MR) is 99.6 cm³/mol. The number of aromatic nitrogens is 1. The highest BCUT2D eigenvalue weighted by molar-refractivity contribution is 6.46. The van der Waals surface area contributed by atoms with Gasteiger partial charge >= 0.3 is 0 Å². The first-order chi connectivity index (χ1) is 13.1. The van der Waals surface area contributed by atoms with E-state index in [0.29, 0.717) is 24.2 Å². The molecule has 3 N–H and O–H groups in total. The van der Waals surface area contributed by atoms with E-state index in [1.54, 1.807) is 54.9 Å². The molecule has 27 heavy (non-hydrogen) atoms. The van der Waals surface area contributed by atoms with Crippen molar-refractivity contribution < 1.29 is 19.8 Å². The van der Waals surface area contributed by atoms with E-state index in [0.717, 1.165) is 0 Å². The molecule has 2 aromatic rings. The largest absolute Gasteiger partial charge is 0.507 e. The van der Waals surface area contributed by atoms with Crippen LogP contribution in [0.1, 0.15) is 17.2 Å². The molecule has 1 atom stereocenters. The maximum Gasteiger partial charge on any atom is 0.295 e. The molecule has 140 valence electrons. The van der Waals surface area contributed by atoms with Gasteiger partial charge < -0.3 is 20.4 Å². The zero-order valence-corrected chi connectivity index (χ0v) is 14.7. The van der Waals surface area contributed by atoms with Crippen LogP contribution < -0.4 is 5.32 Å². The number of carbonyl (C=O) groups excluding carboxylic acids is 2. The van der Waals surface area contributed by atoms with Gasteiger partial charge in [0.1, 0.15) is 5.76 Å². The molecular weight excluding hydrogens is 346 g/mol. The van der Waals surface area contributed by atoms with Crippen LogP contribution in [-0.4, -0.2) is 58.0 Å². The van der Waals surface area contributed by atoms with E-state index in [4.69, 9.17) is 5.11 Å². The van der Waals surface area contributed by atoms with Crippen molar-refractivity contribution >= 4 is 17.4 Å². The molecule has 0 aliphatic carbocycles. The van der Waals surface area contributed by atoms with Crippen molar-refractivity contribution in [2.24, 2.45) is 0 Å². The summed E-state index contributed by atoms with van der Waals surface area (Å²) < 4.78 is 0. The molecule has 1 saturated heterocycles. The summed E-state index contributed by atoms with van der Waals surface area (Å²) in [7, 11) is 0. The van der Waals surface area contributed by atoms with Gasteiger partial charge in [0.2, 0.25) is 0 Å². The third-order valence-corrected chi connectivity index (χ3v) is 4.41. The minimum absolute atomic E-state index is 0.0150. The Hall–Kier alpha value is -3.03. The van der Waals surface area contributed by atoms with Gasteiger partial charge in [0.05, 0.1) is 18.2 Å². The highest BCUT2D eigenvalue weighted by Gasteiger charge is 2.45. The summed E-state index contributed by atoms with van der Waals surface area (Å²) in [5.41, 5.74) is 1.18. The normalized spacial score (nSPS) is 18.9. The maximum atomic E-state index is 12.7. The number of hydrogen-bond acceptors (Lipinski definition) is 6. The lowest BCUT2D eigenvalue weighted by atomic mass is 9.96. The van der Waals surface area contributed by atoms with Gasteiger partial charge in [-0.25, -0.2) is 0 Å². The summed E-state index contributed by atoms with van der Waals surface area (Å²) in [4.78, 5) is 30.9. The quantitative estimate of drug-likeness (QED) is 0.293. The van der Waals surface area contributed by atoms with E-state index in [1.807, 2.05) is 0 Å². The maximum absolute atomic E-state index is 12.7. The predicted octanol–water partition coefficient (Wildman–Crippen LogP) is 1.09. The standard InChI is InChI=1S/C20H21N3O4/c24-12-10-21-9-11-23-17(15-7-4-8-22-13-15)16(19(26)20(23)27)18(25)14-5-2-1-3-6-14/h1-8,13,17,21,24-25H,9-12H2/b18-16+. The van der Waals surface area contributed by atoms with Gasteiger partial charge in [-0.3, -0.25) is 14.6 Å². The van der Waals surface area contributed by atoms with Crippen LogP contribution in [0.3, 0.4) is 0 Å². The second kappa shape index (κ2) is 8.57. The van der Waals surface area contributed by atoms with Crippen molar-refractivity contribution in [3.8, 4) is 0 Å². The summed E-state index contributed by atoms with van der Waals surface area (Å²) in [5, 5.41) is 22.7. The van der Waals surface area contributed by atoms with Crippen LogP contribution in [-0.2, 0) is 9.59 Å². The first-order valence-corrected chi connectivity index (χ1v) is 8.70. The fraction of sp³-hybridized carbons (Fsp3) is 0.250. The zero-order valence-electron chi connectivity index (χ0n) is 14.7. The molecule has 2 heterocycles. The number of ketones is 1. The van der Waals surface area contributed by atoms with Gasteiger partial charge in [-0.05, 0) is 11.6 Å². The number of hydrogen-bond donors (Lipinski definition) is 3. The second-order valence-electron chi connectivity index (χ2n) is 6.12. The molecule has 3 rings (SSSR count). The number of aliphatic hydroxyl groups excluding tert-OH is 2. The van der Waals surface area contributed by atoms with Gasteiger partial charge in [-0.15, -0.1) is 0 Å². The molecule has 1 unspecified atom stereocenters. The molecule has 1 aliphatic heterocycles. The minimum Gasteiger partial charge on any atom is -0.507 e. The monoisotopic (exact) mass is 367 g/mol. The highest BCUT2D eigenvalue weighted by Crippen LogP contribution is 2.38. The third-order valence-electron chi connectivity index (χ3n) is 4.41. The highest BCUT2D eigenvalue weighted by atomic mass is 16.3. The lowest BCUT2D eigenvalue weighted by molar-refractivity contribution is -0.139. The summed E-state index contributed by atoms with van der Waals surface area (Å²) >= 11 is 0. The minimum atomic E-state index is -0.715. The van der Waals surface area contributed by atoms with Gasteiger partial charge in [0.15, 0.2) is 0 Å². The van der Waals surface area contributed by atoms with Gasteiger partial charge in [0.25, 0.3) is 11.7 Å². The smallest absolute Gasteiger partial charge is 0.295 e. The molecule has 0 bridgehead atoms. The second-order valence-corrected chi connectivity index (χ2v) is 6.12. The first-order valence-electron chi connectivity index (χ1n) is 8.70. The Kier molecular flexibility index (Phi) is 5.95. The fourth-order valence-corrected chi connectivity index (χ4v) is 3.15. The summed E-state index contributed by atoms with van der Waals surface area (Å²) in [5.74, 6) is -1.58. The molecular formula is C20H21N3O4. The van der Waals surface area contributed by atoms with Crippen molar-refractivity contribution in [2.75, 3.05) is 26.2 Å². The summed E-state index contributed by atoms with van der Waals surface area (Å²) in [6.07, 6.45) is 3.19. The van der Waals surface area contributed by atoms with Crippen LogP contribution in [0, 0.1) is 0 Å². The van der Waals surface area contributed by atoms with E-state index in [-0.39, 0.29) is 24.5 Å². The fourth-order valence-electron chi connectivity index (χ4n) is 3.15. The molecule has 1 aliphatic rings. The lowest BCUT2D eigenvalue weighted by Gasteiger charge is -2.25. The molecule has 7 nitrogen and oxygen atoms in total. The van der Waals surface area contributed by atoms with Crippen molar-refractivity contribution in [2.45, 2.75) is 6.04 Å². The number of nitrogens with zero attached hydrogens (tertiary/aromatic N) is 2. The number of Topliss-reactive ketones (excluding diaryl/α,β-unsaturated/α-hetero) is 1. The summed E-state index contributed by atoms with van der Waals surface area (Å²) in [6.45, 7) is 1.05. The van der Waals surface area contributed by atoms with E-state index >= 15 is 0 Å². The van der Waals surface area contributed by atoms with Crippen LogP contribution in [0.2, 0.25) is 0 Å². The van der Waals surface area contributed by atoms with Crippen molar-refractivity contribution in [3.63, 3.8) is 0 Å². The Labute approximate surface area is 157 Å². The molecule has 1 aromatic heterocycles. The molecule has 7 heteroatoms. The van der Waals surface area contributed by atoms with Gasteiger partial charge in [0, 0.05) is 37.6 Å². The number of amides is 1. The van der Waals surface area contributed by atoms with E-state index < -0.39 is 17.7 Å². The Morgan fingerprint density at radius 2 is 1.89 bits per heavy atom. The lowest BCUT2D eigenvalue weighted by Crippen LogP contribution is -2.36. The molecule has 1 fully saturated rings. The number of aliphatic hydroxyl groups is 2. The van der Waals surface area contributed by atoms with Gasteiger partial charge in [-0.1, -0.05) is 36.4 Å². The molecule has 1 amide bonds. The number of nitrogens with one attached hydrogen (secondary N) is 1. The van der Waals surface area contributed by atoms with Crippen LogP contribution in [0.4, 0.5) is 0 Å². The average Bonchev–Trinajstić information content (AvgIpc) is 2.97. The number of carbonyl (C=O) groups is 2. The number of pyridine rings is 1. The van der Waals surface area contributed by atoms with Crippen molar-refractivity contribution in [1.82, 2.24) is 15.2 Å². The van der Waals surface area contributed by atoms with E-state index in [9.17, 15) is 14.7 Å². The third kappa shape index (κ3) is 3.89. The van der Waals surface area contributed by atoms with E-state index in [1.165, 1.54) is 4.90 Å². The number of rotatable bonds is 7. The van der Waals surface area contributed by atoms with Crippen molar-refractivity contribution in [1.29, 1.82) is 0 Å². The Morgan fingerprint density at radius 1 is 1.11 bits per heavy atom. The Bertz CT molecular complexity index is 837. The topological polar surface area (TPSA) is 103 Å². The van der Waals surface area contributed by atoms with Crippen LogP contribution in [0.5, 0.6) is 0 Å². The zero-order chi connectivity index (χ0) is 19.2. The summed E-state index contributed by atoms with van der Waals surface area (Å²) in [6, 6.07) is 11.5. The Balaban J connectivity index is 2.03. The van der Waals surface area contributed by atoms with Gasteiger partial charge in [-0.2, -0.15) is 0 Å². The number of benzene rings is 1. The average molecular weight is 367 g/mol. The number of likely N-dealkylation sites (tertiary alicyclic amines) is 1. The van der Waals surface area contributed by atoms with Crippen LogP contribution in [0.25, 0.3) is 5.76 Å². The Morgan fingerprint density at radius 3 is 2.56 bits per heavy atom. The SMILES string of the molecule is O=C1C(=O)N(CCNCCO)C(c2cccnc2)/C1=C(\O)c1ccccc1. The van der Waals surface area contributed by atoms with Crippen LogP contribution in [0.15, 0.2) is 60.4 Å². The molecule has 1 aromatic carbocycles.